The summed E-state index contributed by atoms with van der Waals surface area (Å²) in [6.45, 7) is 9.18. The van der Waals surface area contributed by atoms with Gasteiger partial charge in [0.15, 0.2) is 0 Å². The standard InChI is InChI=1S/C54H63N7O6/c1-29(2)46(58-51(64)66-5)49(62)60-27-53(17-18-53)24-43(60)41-23-35-21-33(12-16-40(35)56-41)36-14-15-37(45-38-13-11-34(38)22-39(36)45)31-7-9-32(10-8-31)42-26-55-48(57-42)44-25-54(19-20-54)28-61(44)50(63)47(30(3)4)59-52(65)67-6/h7-10,12,14-16,21,26,29-30,34,38,43-44,46-47H,11,13,17-20,22-25,27-28H2,1-6H3,(H,55,57)(H,58,64)(H,59,65)/t34?,38?,43-,44-,46-,47-/m0/s1. The molecule has 2 unspecified atom stereocenters. The molecule has 1 aromatic heterocycles. The molecule has 13 heteroatoms. The number of carbonyl (C=O) groups is 4. The summed E-state index contributed by atoms with van der Waals surface area (Å²) in [5.74, 6) is 1.69. The highest BCUT2D eigenvalue weighted by molar-refractivity contribution is 6.01. The van der Waals surface area contributed by atoms with Gasteiger partial charge in [-0.1, -0.05) is 70.2 Å². The minimum Gasteiger partial charge on any atom is -0.453 e. The fraction of sp³-hybridized carbons (Fsp3) is 0.519. The first kappa shape index (κ1) is 43.6. The number of methoxy groups -OCH3 is 2. The molecule has 4 heterocycles. The maximum Gasteiger partial charge on any atom is 0.407 e. The van der Waals surface area contributed by atoms with Crippen LogP contribution in [0.5, 0.6) is 0 Å². The molecule has 2 spiro atoms. The van der Waals surface area contributed by atoms with Crippen molar-refractivity contribution < 1.29 is 28.7 Å². The topological polar surface area (TPSA) is 158 Å². The third kappa shape index (κ3) is 7.70. The molecule has 3 N–H and O–H groups in total. The molecule has 3 aliphatic heterocycles. The van der Waals surface area contributed by atoms with E-state index in [0.29, 0.717) is 31.3 Å². The molecule has 3 saturated carbocycles. The fourth-order valence-electron chi connectivity index (χ4n) is 12.3. The zero-order chi connectivity index (χ0) is 46.5. The number of aromatic amines is 1. The second-order valence-corrected chi connectivity index (χ2v) is 21.7. The summed E-state index contributed by atoms with van der Waals surface area (Å²) in [6.07, 6.45) is 11.2. The lowest BCUT2D eigenvalue weighted by Crippen LogP contribution is -2.53. The van der Waals surface area contributed by atoms with E-state index < -0.39 is 24.3 Å². The van der Waals surface area contributed by atoms with Gasteiger partial charge in [0.25, 0.3) is 0 Å². The van der Waals surface area contributed by atoms with E-state index in [9.17, 15) is 19.2 Å². The van der Waals surface area contributed by atoms with Crippen LogP contribution in [0.1, 0.15) is 114 Å². The minimum absolute atomic E-state index is 0.0519. The van der Waals surface area contributed by atoms with Gasteiger partial charge in [-0.3, -0.25) is 14.6 Å². The van der Waals surface area contributed by atoms with Gasteiger partial charge < -0.3 is 34.9 Å². The van der Waals surface area contributed by atoms with Crippen molar-refractivity contribution in [2.24, 2.45) is 33.6 Å². The molecule has 0 bridgehead atoms. The molecule has 6 atom stereocenters. The number of ether oxygens (including phenoxy) is 2. The molecular formula is C54H63N7O6. The molecule has 0 radical (unpaired) electrons. The predicted molar refractivity (Wildman–Crippen MR) is 256 cm³/mol. The lowest BCUT2D eigenvalue weighted by Gasteiger charge is -2.31. The highest BCUT2D eigenvalue weighted by Crippen LogP contribution is 2.59. The van der Waals surface area contributed by atoms with Crippen LogP contribution in [-0.4, -0.2) is 94.9 Å². The number of rotatable bonds is 11. The second kappa shape index (κ2) is 16.4. The fourth-order valence-corrected chi connectivity index (χ4v) is 12.3. The first-order valence-electron chi connectivity index (χ1n) is 24.6. The van der Waals surface area contributed by atoms with Crippen LogP contribution in [0.25, 0.3) is 33.5 Å². The summed E-state index contributed by atoms with van der Waals surface area (Å²) in [7, 11) is 2.65. The second-order valence-electron chi connectivity index (χ2n) is 21.7. The van der Waals surface area contributed by atoms with Crippen molar-refractivity contribution in [3.63, 3.8) is 0 Å². The molecule has 11 rings (SSSR count). The van der Waals surface area contributed by atoms with Gasteiger partial charge in [0, 0.05) is 25.2 Å². The molecule has 4 aromatic rings. The molecule has 350 valence electrons. The van der Waals surface area contributed by atoms with Crippen LogP contribution < -0.4 is 10.6 Å². The number of hydrogen-bond donors (Lipinski definition) is 3. The molecule has 4 amide bonds. The average Bonchev–Trinajstić information content (AvgIpc) is 3.84. The smallest absolute Gasteiger partial charge is 0.407 e. The van der Waals surface area contributed by atoms with Crippen molar-refractivity contribution in [3.05, 3.63) is 83.3 Å². The minimum atomic E-state index is -0.681. The molecule has 4 aliphatic carbocycles. The third-order valence-corrected chi connectivity index (χ3v) is 16.7. The normalized spacial score (nSPS) is 24.2. The lowest BCUT2D eigenvalue weighted by molar-refractivity contribution is -0.136. The largest absolute Gasteiger partial charge is 0.453 e. The molecule has 3 aromatic carbocycles. The Morgan fingerprint density at radius 3 is 1.90 bits per heavy atom. The number of benzene rings is 3. The van der Waals surface area contributed by atoms with Gasteiger partial charge in [0.05, 0.1) is 43.9 Å². The third-order valence-electron chi connectivity index (χ3n) is 16.7. The Hall–Kier alpha value is -5.98. The van der Waals surface area contributed by atoms with E-state index in [0.717, 1.165) is 73.4 Å². The number of imidazole rings is 1. The zero-order valence-electron chi connectivity index (χ0n) is 39.6. The summed E-state index contributed by atoms with van der Waals surface area (Å²) < 4.78 is 9.74. The molecule has 67 heavy (non-hydrogen) atoms. The lowest BCUT2D eigenvalue weighted by atomic mass is 9.73. The number of aliphatic imine (C=N–C) groups is 1. The number of nitrogens with zero attached hydrogens (tertiary/aromatic N) is 4. The van der Waals surface area contributed by atoms with Gasteiger partial charge >= 0.3 is 12.2 Å². The quantitative estimate of drug-likeness (QED) is 0.135. The van der Waals surface area contributed by atoms with E-state index >= 15 is 0 Å². The molecular weight excluding hydrogens is 843 g/mol. The van der Waals surface area contributed by atoms with Gasteiger partial charge in [-0.25, -0.2) is 14.6 Å². The highest BCUT2D eigenvalue weighted by Gasteiger charge is 2.57. The molecule has 13 nitrogen and oxygen atoms in total. The number of fused-ring (bicyclic) bond motifs is 4. The van der Waals surface area contributed by atoms with E-state index in [2.05, 4.69) is 70.2 Å². The number of nitrogens with one attached hydrogen (secondary N) is 3. The van der Waals surface area contributed by atoms with Crippen molar-refractivity contribution in [2.45, 2.75) is 122 Å². The number of aromatic nitrogens is 2. The van der Waals surface area contributed by atoms with Crippen LogP contribution in [-0.2, 0) is 31.9 Å². The van der Waals surface area contributed by atoms with Crippen LogP contribution in [0, 0.1) is 28.6 Å². The average molecular weight is 906 g/mol. The van der Waals surface area contributed by atoms with Crippen molar-refractivity contribution in [3.8, 4) is 33.5 Å². The van der Waals surface area contributed by atoms with Gasteiger partial charge in [-0.15, -0.1) is 0 Å². The van der Waals surface area contributed by atoms with Crippen LogP contribution in [0.4, 0.5) is 15.3 Å². The first-order valence-corrected chi connectivity index (χ1v) is 24.6. The Bertz CT molecular complexity index is 2700. The summed E-state index contributed by atoms with van der Waals surface area (Å²) >= 11 is 0. The summed E-state index contributed by atoms with van der Waals surface area (Å²) in [5.41, 5.74) is 13.5. The number of H-pyrrole nitrogens is 1. The predicted octanol–water partition coefficient (Wildman–Crippen LogP) is 9.28. The molecule has 7 aliphatic rings. The Morgan fingerprint density at radius 1 is 0.731 bits per heavy atom. The number of carbonyl (C=O) groups excluding carboxylic acids is 4. The molecule has 5 fully saturated rings. The zero-order valence-corrected chi connectivity index (χ0v) is 39.6. The Morgan fingerprint density at radius 2 is 1.31 bits per heavy atom. The van der Waals surface area contributed by atoms with Crippen molar-refractivity contribution in [1.82, 2.24) is 30.4 Å². The van der Waals surface area contributed by atoms with E-state index in [4.69, 9.17) is 19.5 Å². The summed E-state index contributed by atoms with van der Waals surface area (Å²) in [5, 5.41) is 5.59. The van der Waals surface area contributed by atoms with Gasteiger partial charge in [0.2, 0.25) is 11.8 Å². The van der Waals surface area contributed by atoms with Crippen LogP contribution >= 0.6 is 0 Å². The Labute approximate surface area is 392 Å². The SMILES string of the molecule is COC(=O)N[C@H](C(=O)N1CC2(CC2)C[C@H]1C1=Nc2ccc(-c3ccc(-c4ccc(-c5cnc([C@@H]6CC7(CC7)CN6C(=O)[C@@H](NC(=O)OC)C(C)C)[nH]5)cc4)c4c3CC3CCC43)cc2C1)C(C)C. The van der Waals surface area contributed by atoms with Crippen molar-refractivity contribution >= 4 is 35.4 Å². The summed E-state index contributed by atoms with van der Waals surface area (Å²) in [6, 6.07) is 18.6. The van der Waals surface area contributed by atoms with E-state index in [-0.39, 0.29) is 46.6 Å². The van der Waals surface area contributed by atoms with E-state index in [1.54, 1.807) is 0 Å². The van der Waals surface area contributed by atoms with Crippen LogP contribution in [0.2, 0.25) is 0 Å². The van der Waals surface area contributed by atoms with Gasteiger partial charge in [-0.05, 0) is 149 Å². The van der Waals surface area contributed by atoms with E-state index in [1.165, 1.54) is 66.0 Å². The number of amides is 4. The summed E-state index contributed by atoms with van der Waals surface area (Å²) in [4.78, 5) is 70.2. The van der Waals surface area contributed by atoms with Crippen LogP contribution in [0.3, 0.4) is 0 Å². The van der Waals surface area contributed by atoms with Gasteiger partial charge in [-0.2, -0.15) is 0 Å². The maximum atomic E-state index is 14.1. The van der Waals surface area contributed by atoms with E-state index in [1.807, 2.05) is 43.7 Å². The van der Waals surface area contributed by atoms with Gasteiger partial charge in [0.1, 0.15) is 17.9 Å². The Balaban J connectivity index is 0.822. The first-order chi connectivity index (χ1) is 32.3. The van der Waals surface area contributed by atoms with Crippen molar-refractivity contribution in [1.29, 1.82) is 0 Å². The molecule has 2 saturated heterocycles. The number of alkyl carbamates (subject to hydrolysis) is 2. The maximum absolute atomic E-state index is 14.1. The monoisotopic (exact) mass is 905 g/mol. The number of likely N-dealkylation sites (tertiary alicyclic amines) is 2. The highest BCUT2D eigenvalue weighted by atomic mass is 16.5. The number of hydrogen-bond acceptors (Lipinski definition) is 8. The van der Waals surface area contributed by atoms with Crippen molar-refractivity contribution in [2.75, 3.05) is 27.3 Å². The van der Waals surface area contributed by atoms with Crippen LogP contribution in [0.15, 0.2) is 65.8 Å². The Kier molecular flexibility index (Phi) is 10.6.